The molecule has 2 fully saturated rings. The zero-order valence-corrected chi connectivity index (χ0v) is 12.6. The molecule has 1 aliphatic heterocycles. The zero-order chi connectivity index (χ0) is 17.0. The molecule has 1 saturated heterocycles. The second-order valence-corrected chi connectivity index (χ2v) is 6.07. The predicted octanol–water partition coefficient (Wildman–Crippen LogP) is 0.118. The van der Waals surface area contributed by atoms with E-state index in [2.05, 4.69) is 4.90 Å². The van der Waals surface area contributed by atoms with Crippen LogP contribution in [0.3, 0.4) is 0 Å². The van der Waals surface area contributed by atoms with Crippen molar-refractivity contribution in [2.75, 3.05) is 26.3 Å². The van der Waals surface area contributed by atoms with Crippen LogP contribution in [0, 0.1) is 17.3 Å². The lowest BCUT2D eigenvalue weighted by Crippen LogP contribution is -2.31. The molecule has 4 N–H and O–H groups in total. The van der Waals surface area contributed by atoms with E-state index in [-0.39, 0.29) is 25.1 Å². The van der Waals surface area contributed by atoms with Crippen molar-refractivity contribution < 1.29 is 30.0 Å². The Morgan fingerprint density at radius 3 is 2.30 bits per heavy atom. The first-order valence-corrected chi connectivity index (χ1v) is 7.36. The fourth-order valence-corrected chi connectivity index (χ4v) is 3.63. The normalized spacial score (nSPS) is 24.3. The molecule has 23 heavy (non-hydrogen) atoms. The molecular formula is C16H21NO6. The van der Waals surface area contributed by atoms with Crippen molar-refractivity contribution in [2.24, 2.45) is 17.3 Å². The van der Waals surface area contributed by atoms with Crippen molar-refractivity contribution in [3.05, 3.63) is 35.4 Å². The summed E-state index contributed by atoms with van der Waals surface area (Å²) in [7, 11) is 0. The van der Waals surface area contributed by atoms with Gasteiger partial charge in [0.1, 0.15) is 0 Å². The lowest BCUT2D eigenvalue weighted by molar-refractivity contribution is -0.122. The standard InChI is InChI=1S/C15H19NO4.CH2O2/c17-8-15(9-18)12-6-16(7-13(12)15)5-10-2-1-3-11(4-10)14(19)20;2-1-3/h1-4,12-13,17-18H,5-9H2,(H,19,20);1H,(H,2,3). The molecule has 126 valence electrons. The molecule has 1 aromatic carbocycles. The van der Waals surface area contributed by atoms with Gasteiger partial charge in [-0.05, 0) is 29.5 Å². The summed E-state index contributed by atoms with van der Waals surface area (Å²) in [6, 6.07) is 7.00. The Balaban J connectivity index is 0.000000595. The molecule has 1 heterocycles. The first-order chi connectivity index (χ1) is 11.0. The number of aromatic carboxylic acids is 1. The molecule has 0 spiro atoms. The van der Waals surface area contributed by atoms with Crippen molar-refractivity contribution >= 4 is 12.4 Å². The molecule has 0 bridgehead atoms. The van der Waals surface area contributed by atoms with Gasteiger partial charge in [0.05, 0.1) is 18.8 Å². The Bertz CT molecular complexity index is 557. The second kappa shape index (κ2) is 7.08. The number of piperidine rings is 1. The van der Waals surface area contributed by atoms with Crippen molar-refractivity contribution in [3.63, 3.8) is 0 Å². The summed E-state index contributed by atoms with van der Waals surface area (Å²) in [6.45, 7) is 2.32. The SMILES string of the molecule is O=C(O)c1cccc(CN2CC3C(C2)C3(CO)CO)c1.O=CO. The van der Waals surface area contributed by atoms with E-state index in [0.29, 0.717) is 17.4 Å². The number of aliphatic hydroxyl groups is 2. The van der Waals surface area contributed by atoms with Gasteiger partial charge in [0.25, 0.3) is 6.47 Å². The van der Waals surface area contributed by atoms with Gasteiger partial charge in [-0.25, -0.2) is 4.79 Å². The highest BCUT2D eigenvalue weighted by Gasteiger charge is 2.67. The quantitative estimate of drug-likeness (QED) is 0.568. The minimum atomic E-state index is -0.907. The number of rotatable bonds is 5. The Morgan fingerprint density at radius 2 is 1.83 bits per heavy atom. The number of carboxylic acids is 1. The summed E-state index contributed by atoms with van der Waals surface area (Å²) in [6.07, 6.45) is 0. The van der Waals surface area contributed by atoms with Crippen LogP contribution in [0.2, 0.25) is 0 Å². The third kappa shape index (κ3) is 3.36. The van der Waals surface area contributed by atoms with E-state index in [4.69, 9.17) is 15.0 Å². The van der Waals surface area contributed by atoms with Crippen LogP contribution in [0.4, 0.5) is 0 Å². The van der Waals surface area contributed by atoms with Crippen molar-refractivity contribution in [2.45, 2.75) is 6.54 Å². The second-order valence-electron chi connectivity index (χ2n) is 6.07. The average Bonchev–Trinajstić information content (AvgIpc) is 2.90. The minimum absolute atomic E-state index is 0.0567. The van der Waals surface area contributed by atoms with Crippen LogP contribution < -0.4 is 0 Å². The van der Waals surface area contributed by atoms with E-state index < -0.39 is 5.97 Å². The van der Waals surface area contributed by atoms with Crippen LogP contribution in [-0.2, 0) is 11.3 Å². The van der Waals surface area contributed by atoms with E-state index in [1.54, 1.807) is 18.2 Å². The fraction of sp³-hybridized carbons (Fsp3) is 0.500. The average molecular weight is 323 g/mol. The Kier molecular flexibility index (Phi) is 5.35. The number of hydrogen-bond donors (Lipinski definition) is 4. The molecule has 1 aliphatic carbocycles. The van der Waals surface area contributed by atoms with Gasteiger partial charge >= 0.3 is 5.97 Å². The maximum absolute atomic E-state index is 10.9. The molecule has 7 heteroatoms. The molecule has 0 amide bonds. The number of likely N-dealkylation sites (tertiary alicyclic amines) is 1. The molecule has 2 aliphatic rings. The number of benzene rings is 1. The summed E-state index contributed by atoms with van der Waals surface area (Å²) in [5.41, 5.74) is 1.04. The Hall–Kier alpha value is -1.96. The van der Waals surface area contributed by atoms with E-state index in [1.165, 1.54) is 0 Å². The number of aliphatic hydroxyl groups excluding tert-OH is 2. The van der Waals surface area contributed by atoms with Crippen LogP contribution >= 0.6 is 0 Å². The molecular weight excluding hydrogens is 302 g/mol. The summed E-state index contributed by atoms with van der Waals surface area (Å²) in [4.78, 5) is 21.6. The van der Waals surface area contributed by atoms with Gasteiger partial charge in [0, 0.05) is 25.0 Å². The number of hydrogen-bond acceptors (Lipinski definition) is 5. The van der Waals surface area contributed by atoms with Crippen LogP contribution in [-0.4, -0.2) is 64.1 Å². The summed E-state index contributed by atoms with van der Waals surface area (Å²) in [5.74, 6) is -0.156. The van der Waals surface area contributed by atoms with Gasteiger partial charge in [-0.2, -0.15) is 0 Å². The molecule has 7 nitrogen and oxygen atoms in total. The van der Waals surface area contributed by atoms with Crippen molar-refractivity contribution in [1.29, 1.82) is 0 Å². The lowest BCUT2D eigenvalue weighted by Gasteiger charge is -2.24. The first kappa shape index (κ1) is 17.4. The topological polar surface area (TPSA) is 118 Å². The van der Waals surface area contributed by atoms with E-state index in [9.17, 15) is 15.0 Å². The molecule has 1 saturated carbocycles. The highest BCUT2D eigenvalue weighted by atomic mass is 16.4. The van der Waals surface area contributed by atoms with Gasteiger partial charge < -0.3 is 20.4 Å². The first-order valence-electron chi connectivity index (χ1n) is 7.36. The third-order valence-electron chi connectivity index (χ3n) is 4.93. The number of carboxylic acid groups (broad SMARTS) is 2. The van der Waals surface area contributed by atoms with Crippen molar-refractivity contribution in [3.8, 4) is 0 Å². The number of fused-ring (bicyclic) bond motifs is 1. The Labute approximate surface area is 133 Å². The van der Waals surface area contributed by atoms with Gasteiger partial charge in [-0.15, -0.1) is 0 Å². The lowest BCUT2D eigenvalue weighted by atomic mass is 10.0. The van der Waals surface area contributed by atoms with Gasteiger partial charge in [0.2, 0.25) is 0 Å². The highest BCUT2D eigenvalue weighted by molar-refractivity contribution is 5.87. The minimum Gasteiger partial charge on any atom is -0.483 e. The maximum atomic E-state index is 10.9. The summed E-state index contributed by atoms with van der Waals surface area (Å²) in [5, 5.41) is 34.7. The van der Waals surface area contributed by atoms with Crippen LogP contribution in [0.5, 0.6) is 0 Å². The Morgan fingerprint density at radius 1 is 1.26 bits per heavy atom. The summed E-state index contributed by atoms with van der Waals surface area (Å²) >= 11 is 0. The van der Waals surface area contributed by atoms with Crippen molar-refractivity contribution in [1.82, 2.24) is 4.90 Å². The molecule has 3 rings (SSSR count). The zero-order valence-electron chi connectivity index (χ0n) is 12.6. The molecule has 1 aromatic rings. The number of carbonyl (C=O) groups is 2. The van der Waals surface area contributed by atoms with Gasteiger partial charge in [-0.3, -0.25) is 9.69 Å². The number of nitrogens with zero attached hydrogens (tertiary/aromatic N) is 1. The molecule has 0 aromatic heterocycles. The van der Waals surface area contributed by atoms with Crippen LogP contribution in [0.1, 0.15) is 15.9 Å². The summed E-state index contributed by atoms with van der Waals surface area (Å²) < 4.78 is 0. The van der Waals surface area contributed by atoms with Crippen LogP contribution in [0.25, 0.3) is 0 Å². The molecule has 2 unspecified atom stereocenters. The highest BCUT2D eigenvalue weighted by Crippen LogP contribution is 2.62. The predicted molar refractivity (Wildman–Crippen MR) is 81.0 cm³/mol. The van der Waals surface area contributed by atoms with Gasteiger partial charge in [-0.1, -0.05) is 12.1 Å². The van der Waals surface area contributed by atoms with E-state index in [1.807, 2.05) is 6.07 Å². The molecule has 0 radical (unpaired) electrons. The van der Waals surface area contributed by atoms with Gasteiger partial charge in [0.15, 0.2) is 0 Å². The fourth-order valence-electron chi connectivity index (χ4n) is 3.63. The smallest absolute Gasteiger partial charge is 0.335 e. The van der Waals surface area contributed by atoms with E-state index in [0.717, 1.165) is 25.2 Å². The monoisotopic (exact) mass is 323 g/mol. The van der Waals surface area contributed by atoms with E-state index >= 15 is 0 Å². The third-order valence-corrected chi connectivity index (χ3v) is 4.93. The molecule has 2 atom stereocenters. The van der Waals surface area contributed by atoms with Crippen LogP contribution in [0.15, 0.2) is 24.3 Å². The maximum Gasteiger partial charge on any atom is 0.335 e. The largest absolute Gasteiger partial charge is 0.483 e.